The average molecular weight is 316 g/mol. The van der Waals surface area contributed by atoms with Crippen LogP contribution < -0.4 is 0 Å². The van der Waals surface area contributed by atoms with E-state index < -0.39 is 22.1 Å². The monoisotopic (exact) mass is 316 g/mol. The first-order valence-corrected chi connectivity index (χ1v) is 8.20. The van der Waals surface area contributed by atoms with E-state index in [4.69, 9.17) is 9.52 Å². The van der Waals surface area contributed by atoms with Crippen LogP contribution in [0.1, 0.15) is 24.4 Å². The lowest BCUT2D eigenvalue weighted by molar-refractivity contribution is -0.142. The smallest absolute Gasteiger partial charge is 0.307 e. The Morgan fingerprint density at radius 1 is 1.52 bits per heavy atom. The SMILES string of the molecule is Cc1ccc(CN(C)S(=O)(=O)N2CCCC(C(=O)O)C2)o1. The first kappa shape index (κ1) is 16.0. The lowest BCUT2D eigenvalue weighted by atomic mass is 10.0. The molecule has 118 valence electrons. The molecule has 0 bridgehead atoms. The molecule has 0 radical (unpaired) electrons. The zero-order valence-electron chi connectivity index (χ0n) is 12.2. The summed E-state index contributed by atoms with van der Waals surface area (Å²) in [6.45, 7) is 2.30. The van der Waals surface area contributed by atoms with Gasteiger partial charge in [-0.05, 0) is 31.9 Å². The van der Waals surface area contributed by atoms with Gasteiger partial charge < -0.3 is 9.52 Å². The first-order chi connectivity index (χ1) is 9.80. The molecule has 1 atom stereocenters. The molecule has 0 aliphatic carbocycles. The molecule has 0 amide bonds. The van der Waals surface area contributed by atoms with Crippen LogP contribution in [0.25, 0.3) is 0 Å². The number of furan rings is 1. The molecule has 1 N–H and O–H groups in total. The second-order valence-electron chi connectivity index (χ2n) is 5.31. The minimum atomic E-state index is -3.67. The fourth-order valence-electron chi connectivity index (χ4n) is 2.42. The van der Waals surface area contributed by atoms with E-state index >= 15 is 0 Å². The Morgan fingerprint density at radius 2 is 2.24 bits per heavy atom. The topological polar surface area (TPSA) is 91.1 Å². The maximum Gasteiger partial charge on any atom is 0.307 e. The van der Waals surface area contributed by atoms with E-state index in [1.807, 2.05) is 0 Å². The third-order valence-corrected chi connectivity index (χ3v) is 5.53. The quantitative estimate of drug-likeness (QED) is 0.877. The van der Waals surface area contributed by atoms with Crippen molar-refractivity contribution in [3.63, 3.8) is 0 Å². The second kappa shape index (κ2) is 6.17. The number of aliphatic carboxylic acids is 1. The van der Waals surface area contributed by atoms with Gasteiger partial charge in [0.1, 0.15) is 11.5 Å². The molecular formula is C13H20N2O5S. The molecule has 0 aromatic carbocycles. The van der Waals surface area contributed by atoms with E-state index in [2.05, 4.69) is 0 Å². The molecule has 2 rings (SSSR count). The van der Waals surface area contributed by atoms with Crippen LogP contribution in [0.15, 0.2) is 16.5 Å². The lowest BCUT2D eigenvalue weighted by Crippen LogP contribution is -2.47. The fourth-order valence-corrected chi connectivity index (χ4v) is 3.83. The minimum absolute atomic E-state index is 0.0270. The van der Waals surface area contributed by atoms with Gasteiger partial charge in [-0.15, -0.1) is 0 Å². The third kappa shape index (κ3) is 3.63. The largest absolute Gasteiger partial charge is 0.481 e. The summed E-state index contributed by atoms with van der Waals surface area (Å²) < 4.78 is 32.8. The van der Waals surface area contributed by atoms with Crippen LogP contribution in [0, 0.1) is 12.8 Å². The maximum absolute atomic E-state index is 12.5. The Morgan fingerprint density at radius 3 is 2.81 bits per heavy atom. The zero-order chi connectivity index (χ0) is 15.6. The fraction of sp³-hybridized carbons (Fsp3) is 0.615. The van der Waals surface area contributed by atoms with Gasteiger partial charge in [-0.2, -0.15) is 17.0 Å². The Bertz CT molecular complexity index is 610. The summed E-state index contributed by atoms with van der Waals surface area (Å²) in [7, 11) is -2.20. The first-order valence-electron chi connectivity index (χ1n) is 6.80. The van der Waals surface area contributed by atoms with Gasteiger partial charge in [-0.1, -0.05) is 0 Å². The second-order valence-corrected chi connectivity index (χ2v) is 7.35. The average Bonchev–Trinajstić information content (AvgIpc) is 2.84. The van der Waals surface area contributed by atoms with Crippen molar-refractivity contribution in [1.29, 1.82) is 0 Å². The van der Waals surface area contributed by atoms with Crippen LogP contribution in [0.5, 0.6) is 0 Å². The number of piperidine rings is 1. The number of aryl methyl sites for hydroxylation is 1. The Kier molecular flexibility index (Phi) is 4.70. The molecule has 0 saturated carbocycles. The number of hydrogen-bond acceptors (Lipinski definition) is 4. The highest BCUT2D eigenvalue weighted by Crippen LogP contribution is 2.22. The molecule has 0 spiro atoms. The molecule has 7 nitrogen and oxygen atoms in total. The third-order valence-electron chi connectivity index (χ3n) is 3.63. The van der Waals surface area contributed by atoms with Gasteiger partial charge in [-0.3, -0.25) is 4.79 Å². The highest BCUT2D eigenvalue weighted by atomic mass is 32.2. The van der Waals surface area contributed by atoms with Crippen LogP contribution in [-0.2, 0) is 21.5 Å². The summed E-state index contributed by atoms with van der Waals surface area (Å²) in [5.41, 5.74) is 0. The summed E-state index contributed by atoms with van der Waals surface area (Å²) in [5.74, 6) is -0.294. The molecular weight excluding hydrogens is 296 g/mol. The highest BCUT2D eigenvalue weighted by molar-refractivity contribution is 7.86. The molecule has 21 heavy (non-hydrogen) atoms. The Labute approximate surface area is 124 Å². The van der Waals surface area contributed by atoms with Crippen molar-refractivity contribution in [3.8, 4) is 0 Å². The molecule has 1 aromatic rings. The summed E-state index contributed by atoms with van der Waals surface area (Å²) >= 11 is 0. The number of nitrogens with zero attached hydrogens (tertiary/aromatic N) is 2. The number of rotatable bonds is 5. The van der Waals surface area contributed by atoms with Crippen LogP contribution >= 0.6 is 0 Å². The van der Waals surface area contributed by atoms with E-state index in [1.165, 1.54) is 15.7 Å². The van der Waals surface area contributed by atoms with Crippen molar-refractivity contribution >= 4 is 16.2 Å². The van der Waals surface area contributed by atoms with E-state index in [0.717, 1.165) is 5.76 Å². The lowest BCUT2D eigenvalue weighted by Gasteiger charge is -2.32. The predicted octanol–water partition coefficient (Wildman–Crippen LogP) is 1.06. The van der Waals surface area contributed by atoms with Gasteiger partial charge >= 0.3 is 5.97 Å². The zero-order valence-corrected chi connectivity index (χ0v) is 13.0. The Balaban J connectivity index is 2.07. The maximum atomic E-state index is 12.5. The van der Waals surface area contributed by atoms with Crippen LogP contribution in [0.4, 0.5) is 0 Å². The number of carboxylic acid groups (broad SMARTS) is 1. The predicted molar refractivity (Wildman–Crippen MR) is 75.8 cm³/mol. The van der Waals surface area contributed by atoms with E-state index in [9.17, 15) is 13.2 Å². The van der Waals surface area contributed by atoms with E-state index in [0.29, 0.717) is 25.1 Å². The number of carbonyl (C=O) groups is 1. The molecule has 1 unspecified atom stereocenters. The molecule has 1 saturated heterocycles. The highest BCUT2D eigenvalue weighted by Gasteiger charge is 2.34. The van der Waals surface area contributed by atoms with Crippen LogP contribution in [0.3, 0.4) is 0 Å². The number of carboxylic acids is 1. The molecule has 1 aromatic heterocycles. The van der Waals surface area contributed by atoms with Gasteiger partial charge in [0.25, 0.3) is 10.2 Å². The van der Waals surface area contributed by atoms with E-state index in [-0.39, 0.29) is 13.1 Å². The van der Waals surface area contributed by atoms with E-state index in [1.54, 1.807) is 19.1 Å². The van der Waals surface area contributed by atoms with Crippen LogP contribution in [-0.4, -0.2) is 48.2 Å². The number of hydrogen-bond donors (Lipinski definition) is 1. The molecule has 2 heterocycles. The summed E-state index contributed by atoms with van der Waals surface area (Å²) in [4.78, 5) is 11.0. The van der Waals surface area contributed by atoms with Gasteiger partial charge in [-0.25, -0.2) is 0 Å². The Hall–Kier alpha value is -1.38. The summed E-state index contributed by atoms with van der Waals surface area (Å²) in [6.07, 6.45) is 1.08. The van der Waals surface area contributed by atoms with Crippen molar-refractivity contribution in [2.24, 2.45) is 5.92 Å². The summed E-state index contributed by atoms with van der Waals surface area (Å²) in [5, 5.41) is 9.05. The van der Waals surface area contributed by atoms with Gasteiger partial charge in [0.15, 0.2) is 0 Å². The van der Waals surface area contributed by atoms with Crippen molar-refractivity contribution in [3.05, 3.63) is 23.7 Å². The molecule has 8 heteroatoms. The molecule has 1 aliphatic heterocycles. The van der Waals surface area contributed by atoms with Crippen molar-refractivity contribution < 1.29 is 22.7 Å². The van der Waals surface area contributed by atoms with Gasteiger partial charge in [0.05, 0.1) is 12.5 Å². The van der Waals surface area contributed by atoms with Gasteiger partial charge in [0, 0.05) is 20.1 Å². The van der Waals surface area contributed by atoms with Crippen molar-refractivity contribution in [2.45, 2.75) is 26.3 Å². The molecule has 1 fully saturated rings. The van der Waals surface area contributed by atoms with Crippen LogP contribution in [0.2, 0.25) is 0 Å². The summed E-state index contributed by atoms with van der Waals surface area (Å²) in [6, 6.07) is 3.51. The standard InChI is InChI=1S/C13H20N2O5S/c1-10-5-6-12(20-10)9-14(2)21(18,19)15-7-3-4-11(8-15)13(16)17/h5-6,11H,3-4,7-9H2,1-2H3,(H,16,17). The van der Waals surface area contributed by atoms with Gasteiger partial charge in [0.2, 0.25) is 0 Å². The van der Waals surface area contributed by atoms with Crippen molar-refractivity contribution in [2.75, 3.05) is 20.1 Å². The van der Waals surface area contributed by atoms with Crippen molar-refractivity contribution in [1.82, 2.24) is 8.61 Å². The minimum Gasteiger partial charge on any atom is -0.481 e. The molecule has 1 aliphatic rings. The normalized spacial score (nSPS) is 20.8.